The largest absolute Gasteiger partial charge is 0.382 e. The maximum Gasteiger partial charge on any atom is 0.297 e. The summed E-state index contributed by atoms with van der Waals surface area (Å²) in [6, 6.07) is 12.2. The number of ether oxygens (including phenoxy) is 4. The zero-order chi connectivity index (χ0) is 25.8. The van der Waals surface area contributed by atoms with Gasteiger partial charge in [-0.1, -0.05) is 35.4 Å². The lowest BCUT2D eigenvalue weighted by Gasteiger charge is -2.43. The second kappa shape index (κ2) is 11.4. The smallest absolute Gasteiger partial charge is 0.297 e. The molecule has 0 aromatic heterocycles. The van der Waals surface area contributed by atoms with Gasteiger partial charge in [0.15, 0.2) is 12.4 Å². The summed E-state index contributed by atoms with van der Waals surface area (Å²) < 4.78 is 85.0. The Balaban J connectivity index is 1.96. The molecule has 0 saturated carbocycles. The van der Waals surface area contributed by atoms with Gasteiger partial charge >= 0.3 is 0 Å². The highest BCUT2D eigenvalue weighted by atomic mass is 32.2. The van der Waals surface area contributed by atoms with E-state index in [0.29, 0.717) is 0 Å². The fraction of sp³-hybridized carbons (Fsp3) is 0.478. The van der Waals surface area contributed by atoms with Crippen LogP contribution in [0.1, 0.15) is 11.1 Å². The van der Waals surface area contributed by atoms with E-state index in [1.165, 1.54) is 45.6 Å². The molecule has 2 aromatic rings. The van der Waals surface area contributed by atoms with E-state index in [0.717, 1.165) is 11.1 Å². The van der Waals surface area contributed by atoms with Crippen LogP contribution < -0.4 is 0 Å². The van der Waals surface area contributed by atoms with Crippen molar-refractivity contribution in [3.8, 4) is 0 Å². The van der Waals surface area contributed by atoms with Crippen LogP contribution >= 0.6 is 0 Å². The summed E-state index contributed by atoms with van der Waals surface area (Å²) in [6.45, 7) is 3.56. The average Bonchev–Trinajstić information content (AvgIpc) is 2.81. The molecule has 194 valence electrons. The van der Waals surface area contributed by atoms with Crippen LogP contribution in [0.4, 0.5) is 0 Å². The van der Waals surface area contributed by atoms with Crippen molar-refractivity contribution < 1.29 is 44.1 Å². The van der Waals surface area contributed by atoms with Crippen molar-refractivity contribution in [2.75, 3.05) is 27.9 Å². The van der Waals surface area contributed by atoms with E-state index in [1.807, 2.05) is 13.8 Å². The number of aryl methyl sites for hydroxylation is 2. The van der Waals surface area contributed by atoms with E-state index in [-0.39, 0.29) is 16.4 Å². The van der Waals surface area contributed by atoms with Crippen molar-refractivity contribution in [3.63, 3.8) is 0 Å². The van der Waals surface area contributed by atoms with E-state index in [1.54, 1.807) is 24.3 Å². The highest BCUT2D eigenvalue weighted by Gasteiger charge is 2.51. The first-order valence-corrected chi connectivity index (χ1v) is 13.5. The maximum atomic E-state index is 13.1. The quantitative estimate of drug-likeness (QED) is 0.422. The third-order valence-electron chi connectivity index (χ3n) is 5.52. The van der Waals surface area contributed by atoms with Gasteiger partial charge in [-0.05, 0) is 38.1 Å². The number of methoxy groups -OCH3 is 3. The molecular weight excluding hydrogens is 500 g/mol. The number of rotatable bonds is 10. The van der Waals surface area contributed by atoms with Crippen LogP contribution in [0.25, 0.3) is 0 Å². The summed E-state index contributed by atoms with van der Waals surface area (Å²) in [5.41, 5.74) is 1.74. The van der Waals surface area contributed by atoms with Crippen molar-refractivity contribution >= 4 is 20.2 Å². The first-order valence-electron chi connectivity index (χ1n) is 10.7. The third kappa shape index (κ3) is 6.46. The molecule has 2 aromatic carbocycles. The molecule has 0 amide bonds. The zero-order valence-corrected chi connectivity index (χ0v) is 21.7. The summed E-state index contributed by atoms with van der Waals surface area (Å²) in [6.07, 6.45) is -6.10. The van der Waals surface area contributed by atoms with Crippen LogP contribution in [0.15, 0.2) is 58.3 Å². The number of benzene rings is 2. The van der Waals surface area contributed by atoms with Crippen LogP contribution in [0.3, 0.4) is 0 Å². The molecule has 0 N–H and O–H groups in total. The van der Waals surface area contributed by atoms with Gasteiger partial charge in [0, 0.05) is 21.3 Å². The molecule has 0 bridgehead atoms. The second-order valence-corrected chi connectivity index (χ2v) is 11.2. The van der Waals surface area contributed by atoms with Crippen molar-refractivity contribution in [3.05, 3.63) is 59.7 Å². The lowest BCUT2D eigenvalue weighted by molar-refractivity contribution is -0.288. The van der Waals surface area contributed by atoms with Gasteiger partial charge in [0.05, 0.1) is 16.4 Å². The standard InChI is InChI=1S/C23H30O10S2/c1-15-6-10-17(11-7-15)34(24,25)32-20-19(14-28-3)31-23(30-5)22(21(20)29-4)33-35(26,27)18-12-8-16(2)9-13-18/h6-13,19-23H,14H2,1-5H3/t19-,20-,21+,22-,23+/m1/s1. The Morgan fingerprint density at radius 1 is 0.686 bits per heavy atom. The van der Waals surface area contributed by atoms with Crippen molar-refractivity contribution in [1.29, 1.82) is 0 Å². The van der Waals surface area contributed by atoms with Gasteiger partial charge in [-0.15, -0.1) is 0 Å². The van der Waals surface area contributed by atoms with Gasteiger partial charge < -0.3 is 18.9 Å². The number of hydrogen-bond donors (Lipinski definition) is 0. The molecule has 1 fully saturated rings. The first kappa shape index (κ1) is 27.7. The van der Waals surface area contributed by atoms with E-state index in [4.69, 9.17) is 27.3 Å². The lowest BCUT2D eigenvalue weighted by Crippen LogP contribution is -2.62. The van der Waals surface area contributed by atoms with Crippen LogP contribution in [0, 0.1) is 13.8 Å². The summed E-state index contributed by atoms with van der Waals surface area (Å²) in [4.78, 5) is -0.163. The SMILES string of the molecule is COC[C@H]1O[C@H](OC)[C@H](OS(=O)(=O)c2ccc(C)cc2)[C@@H](OC)[C@@H]1OS(=O)(=O)c1ccc(C)cc1. The molecule has 0 spiro atoms. The molecule has 3 rings (SSSR count). The fourth-order valence-corrected chi connectivity index (χ4v) is 5.85. The molecular formula is C23H30O10S2. The molecule has 5 atom stereocenters. The molecule has 35 heavy (non-hydrogen) atoms. The van der Waals surface area contributed by atoms with Gasteiger partial charge in [-0.3, -0.25) is 8.37 Å². The Morgan fingerprint density at radius 2 is 1.14 bits per heavy atom. The summed E-state index contributed by atoms with van der Waals surface area (Å²) >= 11 is 0. The molecule has 0 radical (unpaired) electrons. The predicted molar refractivity (Wildman–Crippen MR) is 125 cm³/mol. The molecule has 1 saturated heterocycles. The lowest BCUT2D eigenvalue weighted by atomic mass is 9.99. The molecule has 10 nitrogen and oxygen atoms in total. The van der Waals surface area contributed by atoms with Gasteiger partial charge in [-0.2, -0.15) is 16.8 Å². The van der Waals surface area contributed by atoms with Crippen LogP contribution in [-0.4, -0.2) is 75.5 Å². The van der Waals surface area contributed by atoms with E-state index in [2.05, 4.69) is 0 Å². The van der Waals surface area contributed by atoms with Crippen molar-refractivity contribution in [2.45, 2.75) is 54.3 Å². The van der Waals surface area contributed by atoms with E-state index >= 15 is 0 Å². The molecule has 0 aliphatic carbocycles. The molecule has 1 heterocycles. The molecule has 12 heteroatoms. The minimum absolute atomic E-state index is 0.0762. The maximum absolute atomic E-state index is 13.1. The summed E-state index contributed by atoms with van der Waals surface area (Å²) in [5.74, 6) is 0. The van der Waals surface area contributed by atoms with Crippen LogP contribution in [-0.2, 0) is 47.5 Å². The topological polar surface area (TPSA) is 124 Å². The van der Waals surface area contributed by atoms with Crippen molar-refractivity contribution in [1.82, 2.24) is 0 Å². The van der Waals surface area contributed by atoms with Crippen molar-refractivity contribution in [2.24, 2.45) is 0 Å². The first-order chi connectivity index (χ1) is 16.5. The Hall–Kier alpha value is -1.90. The predicted octanol–water partition coefficient (Wildman–Crippen LogP) is 2.18. The minimum Gasteiger partial charge on any atom is -0.382 e. The normalized spacial score (nSPS) is 25.5. The zero-order valence-electron chi connectivity index (χ0n) is 20.1. The van der Waals surface area contributed by atoms with E-state index < -0.39 is 50.9 Å². The fourth-order valence-electron chi connectivity index (χ4n) is 3.67. The highest BCUT2D eigenvalue weighted by Crippen LogP contribution is 2.33. The Kier molecular flexibility index (Phi) is 9.05. The van der Waals surface area contributed by atoms with E-state index in [9.17, 15) is 16.8 Å². The molecule has 1 aliphatic heterocycles. The Bertz CT molecular complexity index is 1180. The number of hydrogen-bond acceptors (Lipinski definition) is 10. The van der Waals surface area contributed by atoms with Gasteiger partial charge in [0.1, 0.15) is 18.3 Å². The van der Waals surface area contributed by atoms with Gasteiger partial charge in [0.2, 0.25) is 0 Å². The monoisotopic (exact) mass is 530 g/mol. The molecule has 1 aliphatic rings. The van der Waals surface area contributed by atoms with Crippen LogP contribution in [0.2, 0.25) is 0 Å². The van der Waals surface area contributed by atoms with Crippen LogP contribution in [0.5, 0.6) is 0 Å². The minimum atomic E-state index is -4.29. The Morgan fingerprint density at radius 3 is 1.54 bits per heavy atom. The summed E-state index contributed by atoms with van der Waals surface area (Å²) in [7, 11) is -4.57. The molecule has 0 unspecified atom stereocenters. The van der Waals surface area contributed by atoms with Gasteiger partial charge in [-0.25, -0.2) is 0 Å². The summed E-state index contributed by atoms with van der Waals surface area (Å²) in [5, 5.41) is 0. The Labute approximate surface area is 206 Å². The second-order valence-electron chi connectivity index (χ2n) is 8.09. The third-order valence-corrected chi connectivity index (χ3v) is 8.17. The van der Waals surface area contributed by atoms with Gasteiger partial charge in [0.25, 0.3) is 20.2 Å². The highest BCUT2D eigenvalue weighted by molar-refractivity contribution is 7.87. The average molecular weight is 531 g/mol.